The molecule has 1 heterocycles. The summed E-state index contributed by atoms with van der Waals surface area (Å²) in [6.45, 7) is 2.21. The van der Waals surface area contributed by atoms with Gasteiger partial charge in [0.25, 0.3) is 5.91 Å². The van der Waals surface area contributed by atoms with Gasteiger partial charge in [0.2, 0.25) is 5.91 Å². The monoisotopic (exact) mass is 340 g/mol. The molecule has 2 amide bonds. The van der Waals surface area contributed by atoms with Gasteiger partial charge in [0.05, 0.1) is 33.0 Å². The lowest BCUT2D eigenvalue weighted by Gasteiger charge is -2.34. The zero-order valence-corrected chi connectivity index (χ0v) is 13.9. The van der Waals surface area contributed by atoms with E-state index in [9.17, 15) is 14.0 Å². The third kappa shape index (κ3) is 3.94. The van der Waals surface area contributed by atoms with Crippen molar-refractivity contribution in [3.63, 3.8) is 0 Å². The molecule has 2 rings (SSSR count). The standard InChI is InChI=1S/C16H21FN2O5/c1-4-24-9-14(20)18-12-5-10(6-13(22-2)15(12)23-3)16(21)19-7-11(17)8-19/h5-6,11H,4,7-9H2,1-3H3,(H,18,20). The van der Waals surface area contributed by atoms with Crippen LogP contribution in [-0.2, 0) is 9.53 Å². The molecule has 7 nitrogen and oxygen atoms in total. The van der Waals surface area contributed by atoms with Crippen molar-refractivity contribution >= 4 is 17.5 Å². The minimum atomic E-state index is -0.987. The molecular weight excluding hydrogens is 319 g/mol. The van der Waals surface area contributed by atoms with Crippen LogP contribution in [0.2, 0.25) is 0 Å². The number of amides is 2. The molecule has 0 aliphatic carbocycles. The summed E-state index contributed by atoms with van der Waals surface area (Å²) in [5, 5.41) is 2.64. The fraction of sp³-hybridized carbons (Fsp3) is 0.500. The van der Waals surface area contributed by atoms with E-state index in [1.807, 2.05) is 0 Å². The zero-order chi connectivity index (χ0) is 17.7. The van der Waals surface area contributed by atoms with E-state index in [1.165, 1.54) is 31.3 Å². The second kappa shape index (κ2) is 7.96. The predicted molar refractivity (Wildman–Crippen MR) is 85.5 cm³/mol. The van der Waals surface area contributed by atoms with E-state index in [0.717, 1.165) is 0 Å². The molecule has 0 saturated carbocycles. The third-order valence-electron chi connectivity index (χ3n) is 3.56. The smallest absolute Gasteiger partial charge is 0.254 e. The number of likely N-dealkylation sites (tertiary alicyclic amines) is 1. The van der Waals surface area contributed by atoms with E-state index in [1.54, 1.807) is 6.92 Å². The highest BCUT2D eigenvalue weighted by atomic mass is 19.1. The number of methoxy groups -OCH3 is 2. The van der Waals surface area contributed by atoms with Crippen LogP contribution in [0.1, 0.15) is 17.3 Å². The van der Waals surface area contributed by atoms with Gasteiger partial charge in [-0.25, -0.2) is 4.39 Å². The van der Waals surface area contributed by atoms with Crippen LogP contribution < -0.4 is 14.8 Å². The van der Waals surface area contributed by atoms with Gasteiger partial charge in [-0.3, -0.25) is 9.59 Å². The first-order chi connectivity index (χ1) is 11.5. The summed E-state index contributed by atoms with van der Waals surface area (Å²) in [4.78, 5) is 25.6. The minimum absolute atomic E-state index is 0.0687. The lowest BCUT2D eigenvalue weighted by atomic mass is 10.1. The Morgan fingerprint density at radius 3 is 2.54 bits per heavy atom. The van der Waals surface area contributed by atoms with Crippen LogP contribution in [0, 0.1) is 0 Å². The molecule has 0 atom stereocenters. The first-order valence-electron chi connectivity index (χ1n) is 7.57. The topological polar surface area (TPSA) is 77.1 Å². The molecule has 132 valence electrons. The van der Waals surface area contributed by atoms with Crippen LogP contribution in [0.15, 0.2) is 12.1 Å². The summed E-state index contributed by atoms with van der Waals surface area (Å²) in [5.41, 5.74) is 0.577. The summed E-state index contributed by atoms with van der Waals surface area (Å²) in [7, 11) is 2.86. The van der Waals surface area contributed by atoms with Gasteiger partial charge in [0.1, 0.15) is 12.8 Å². The van der Waals surface area contributed by atoms with E-state index in [4.69, 9.17) is 14.2 Å². The summed E-state index contributed by atoms with van der Waals surface area (Å²) >= 11 is 0. The van der Waals surface area contributed by atoms with Gasteiger partial charge in [-0.2, -0.15) is 0 Å². The molecule has 1 aromatic carbocycles. The Bertz CT molecular complexity index is 617. The average Bonchev–Trinajstić information content (AvgIpc) is 2.55. The fourth-order valence-corrected chi connectivity index (χ4v) is 2.33. The van der Waals surface area contributed by atoms with Gasteiger partial charge in [-0.05, 0) is 19.1 Å². The number of carbonyl (C=O) groups excluding carboxylic acids is 2. The van der Waals surface area contributed by atoms with Crippen molar-refractivity contribution < 1.29 is 28.2 Å². The number of ether oxygens (including phenoxy) is 3. The molecule has 1 aromatic rings. The molecule has 1 N–H and O–H groups in total. The van der Waals surface area contributed by atoms with E-state index in [2.05, 4.69) is 5.32 Å². The number of nitrogens with one attached hydrogen (secondary N) is 1. The SMILES string of the molecule is CCOCC(=O)Nc1cc(C(=O)N2CC(F)C2)cc(OC)c1OC. The Kier molecular flexibility index (Phi) is 5.97. The van der Waals surface area contributed by atoms with Crippen molar-refractivity contribution in [2.45, 2.75) is 13.1 Å². The summed E-state index contributed by atoms with van der Waals surface area (Å²) in [6, 6.07) is 2.99. The Balaban J connectivity index is 2.27. The lowest BCUT2D eigenvalue weighted by molar-refractivity contribution is -0.120. The van der Waals surface area contributed by atoms with Gasteiger partial charge in [-0.15, -0.1) is 0 Å². The van der Waals surface area contributed by atoms with Crippen molar-refractivity contribution in [1.82, 2.24) is 4.90 Å². The molecule has 0 aromatic heterocycles. The molecule has 1 aliphatic rings. The molecule has 1 fully saturated rings. The maximum Gasteiger partial charge on any atom is 0.254 e. The Labute approximate surface area is 139 Å². The molecule has 1 aliphatic heterocycles. The van der Waals surface area contributed by atoms with E-state index < -0.39 is 6.17 Å². The van der Waals surface area contributed by atoms with Crippen LogP contribution in [-0.4, -0.2) is 63.4 Å². The summed E-state index contributed by atoms with van der Waals surface area (Å²) in [5.74, 6) is -0.113. The normalized spacial score (nSPS) is 14.1. The largest absolute Gasteiger partial charge is 0.493 e. The number of nitrogens with zero attached hydrogens (tertiary/aromatic N) is 1. The number of halogens is 1. The highest BCUT2D eigenvalue weighted by Gasteiger charge is 2.32. The molecule has 24 heavy (non-hydrogen) atoms. The predicted octanol–water partition coefficient (Wildman–Crippen LogP) is 1.47. The summed E-state index contributed by atoms with van der Waals surface area (Å²) in [6.07, 6.45) is -0.987. The van der Waals surface area contributed by atoms with Gasteiger partial charge >= 0.3 is 0 Å². The van der Waals surface area contributed by atoms with E-state index >= 15 is 0 Å². The number of benzene rings is 1. The highest BCUT2D eigenvalue weighted by Crippen LogP contribution is 2.37. The van der Waals surface area contributed by atoms with Crippen molar-refractivity contribution in [2.75, 3.05) is 45.8 Å². The van der Waals surface area contributed by atoms with Crippen molar-refractivity contribution in [2.24, 2.45) is 0 Å². The van der Waals surface area contributed by atoms with Gasteiger partial charge in [0.15, 0.2) is 11.5 Å². The maximum absolute atomic E-state index is 13.0. The number of carbonyl (C=O) groups is 2. The van der Waals surface area contributed by atoms with Gasteiger partial charge < -0.3 is 24.4 Å². The third-order valence-corrected chi connectivity index (χ3v) is 3.56. The van der Waals surface area contributed by atoms with Crippen LogP contribution in [0.25, 0.3) is 0 Å². The fourth-order valence-electron chi connectivity index (χ4n) is 2.33. The molecule has 8 heteroatoms. The molecule has 0 spiro atoms. The van der Waals surface area contributed by atoms with Crippen molar-refractivity contribution in [3.05, 3.63) is 17.7 Å². The second-order valence-electron chi connectivity index (χ2n) is 5.25. The molecule has 0 radical (unpaired) electrons. The van der Waals surface area contributed by atoms with Crippen LogP contribution in [0.4, 0.5) is 10.1 Å². The maximum atomic E-state index is 13.0. The Hall–Kier alpha value is -2.35. The van der Waals surface area contributed by atoms with Crippen LogP contribution in [0.5, 0.6) is 11.5 Å². The number of hydrogen-bond donors (Lipinski definition) is 1. The zero-order valence-electron chi connectivity index (χ0n) is 13.9. The van der Waals surface area contributed by atoms with Gasteiger partial charge in [0, 0.05) is 12.2 Å². The minimum Gasteiger partial charge on any atom is -0.493 e. The van der Waals surface area contributed by atoms with Crippen molar-refractivity contribution in [1.29, 1.82) is 0 Å². The first kappa shape index (κ1) is 18.0. The van der Waals surface area contributed by atoms with E-state index in [-0.39, 0.29) is 37.1 Å². The van der Waals surface area contributed by atoms with E-state index in [0.29, 0.717) is 23.8 Å². The number of alkyl halides is 1. The molecular formula is C16H21FN2O5. The quantitative estimate of drug-likeness (QED) is 0.813. The second-order valence-corrected chi connectivity index (χ2v) is 5.25. The Morgan fingerprint density at radius 2 is 2.00 bits per heavy atom. The first-order valence-corrected chi connectivity index (χ1v) is 7.57. The highest BCUT2D eigenvalue weighted by molar-refractivity contribution is 6.00. The molecule has 0 bridgehead atoms. The van der Waals surface area contributed by atoms with Crippen LogP contribution in [0.3, 0.4) is 0 Å². The number of hydrogen-bond acceptors (Lipinski definition) is 5. The van der Waals surface area contributed by atoms with Crippen LogP contribution >= 0.6 is 0 Å². The Morgan fingerprint density at radius 1 is 1.29 bits per heavy atom. The van der Waals surface area contributed by atoms with Crippen molar-refractivity contribution in [3.8, 4) is 11.5 Å². The van der Waals surface area contributed by atoms with Gasteiger partial charge in [-0.1, -0.05) is 0 Å². The molecule has 0 unspecified atom stereocenters. The number of anilines is 1. The lowest BCUT2D eigenvalue weighted by Crippen LogP contribution is -2.51. The average molecular weight is 340 g/mol. The number of rotatable bonds is 7. The molecule has 1 saturated heterocycles. The summed E-state index contributed by atoms with van der Waals surface area (Å²) < 4.78 is 28.5.